The first-order valence-corrected chi connectivity index (χ1v) is 11.9. The lowest BCUT2D eigenvalue weighted by atomic mass is 9.85. The van der Waals surface area contributed by atoms with Crippen molar-refractivity contribution in [2.75, 3.05) is 46.8 Å². The molecule has 4 rings (SSSR count). The second kappa shape index (κ2) is 10.4. The monoisotopic (exact) mass is 449 g/mol. The summed E-state index contributed by atoms with van der Waals surface area (Å²) in [6.45, 7) is 4.24. The van der Waals surface area contributed by atoms with Crippen LogP contribution in [0.3, 0.4) is 0 Å². The maximum absolute atomic E-state index is 13.7. The van der Waals surface area contributed by atoms with Crippen molar-refractivity contribution < 1.29 is 9.59 Å². The number of imide groups is 1. The average Bonchev–Trinajstić information content (AvgIpc) is 3.01. The number of benzene rings is 1. The van der Waals surface area contributed by atoms with Crippen LogP contribution in [-0.2, 0) is 17.8 Å². The van der Waals surface area contributed by atoms with Crippen LogP contribution in [-0.4, -0.2) is 88.9 Å². The minimum absolute atomic E-state index is 0.00296. The van der Waals surface area contributed by atoms with Gasteiger partial charge >= 0.3 is 6.03 Å². The zero-order valence-corrected chi connectivity index (χ0v) is 19.8. The number of carbonyl (C=O) groups excluding carboxylic acids is 2. The summed E-state index contributed by atoms with van der Waals surface area (Å²) in [5.74, 6) is -0.00296. The van der Waals surface area contributed by atoms with Crippen LogP contribution in [0.15, 0.2) is 54.7 Å². The molecule has 1 aromatic heterocycles. The van der Waals surface area contributed by atoms with Crippen molar-refractivity contribution in [3.8, 4) is 0 Å². The highest BCUT2D eigenvalue weighted by atomic mass is 16.2. The number of pyridine rings is 1. The standard InChI is InChI=1S/C26H35N5O2/c1-28(2)16-8-17-30-24(32)26(31(25(30)33)18-12-22-9-4-3-5-10-22)13-19-29(20-14-26)21-23-11-6-7-15-27-23/h3-7,9-11,15H,8,12-14,16-21H2,1-2H3. The summed E-state index contributed by atoms with van der Waals surface area (Å²) in [5, 5.41) is 0. The van der Waals surface area contributed by atoms with Crippen molar-refractivity contribution in [2.45, 2.75) is 37.8 Å². The highest BCUT2D eigenvalue weighted by molar-refractivity contribution is 6.07. The molecule has 0 radical (unpaired) electrons. The third-order valence-corrected chi connectivity index (χ3v) is 6.87. The first-order chi connectivity index (χ1) is 16.0. The normalized spacial score (nSPS) is 18.6. The summed E-state index contributed by atoms with van der Waals surface area (Å²) in [7, 11) is 4.02. The SMILES string of the molecule is CN(C)CCCN1C(=O)N(CCc2ccccc2)C2(CCN(Cc3ccccn3)CC2)C1=O. The van der Waals surface area contributed by atoms with Gasteiger partial charge in [-0.15, -0.1) is 0 Å². The number of nitrogens with zero attached hydrogens (tertiary/aromatic N) is 5. The van der Waals surface area contributed by atoms with Crippen LogP contribution in [0, 0.1) is 0 Å². The third-order valence-electron chi connectivity index (χ3n) is 6.87. The molecule has 0 aliphatic carbocycles. The molecule has 2 aliphatic heterocycles. The van der Waals surface area contributed by atoms with Gasteiger partial charge in [-0.25, -0.2) is 4.79 Å². The fraction of sp³-hybridized carbons (Fsp3) is 0.500. The Hall–Kier alpha value is -2.77. The van der Waals surface area contributed by atoms with Crippen molar-refractivity contribution in [1.82, 2.24) is 24.6 Å². The molecule has 0 N–H and O–H groups in total. The molecule has 0 atom stereocenters. The van der Waals surface area contributed by atoms with E-state index in [1.165, 1.54) is 10.5 Å². The number of likely N-dealkylation sites (tertiary alicyclic amines) is 1. The third kappa shape index (κ3) is 5.25. The molecule has 0 unspecified atom stereocenters. The fourth-order valence-corrected chi connectivity index (χ4v) is 5.01. The van der Waals surface area contributed by atoms with E-state index < -0.39 is 5.54 Å². The van der Waals surface area contributed by atoms with E-state index in [0.717, 1.165) is 44.7 Å². The van der Waals surface area contributed by atoms with Crippen molar-refractivity contribution in [1.29, 1.82) is 0 Å². The molecule has 176 valence electrons. The van der Waals surface area contributed by atoms with Gasteiger partial charge < -0.3 is 9.80 Å². The number of amides is 3. The van der Waals surface area contributed by atoms with Crippen LogP contribution in [0.1, 0.15) is 30.5 Å². The van der Waals surface area contributed by atoms with Gasteiger partial charge in [0, 0.05) is 38.9 Å². The molecular weight excluding hydrogens is 414 g/mol. The van der Waals surface area contributed by atoms with Gasteiger partial charge in [0.05, 0.1) is 5.69 Å². The highest BCUT2D eigenvalue weighted by Gasteiger charge is 2.57. The van der Waals surface area contributed by atoms with Gasteiger partial charge in [-0.1, -0.05) is 36.4 Å². The number of rotatable bonds is 9. The maximum atomic E-state index is 13.7. The van der Waals surface area contributed by atoms with Crippen molar-refractivity contribution in [3.63, 3.8) is 0 Å². The highest BCUT2D eigenvalue weighted by Crippen LogP contribution is 2.37. The lowest BCUT2D eigenvalue weighted by Crippen LogP contribution is -2.56. The van der Waals surface area contributed by atoms with Gasteiger partial charge in [0.15, 0.2) is 0 Å². The molecule has 1 spiro atoms. The van der Waals surface area contributed by atoms with Crippen LogP contribution in [0.25, 0.3) is 0 Å². The number of urea groups is 1. The molecule has 3 heterocycles. The average molecular weight is 450 g/mol. The van der Waals surface area contributed by atoms with Gasteiger partial charge in [-0.2, -0.15) is 0 Å². The first kappa shape index (κ1) is 23.4. The van der Waals surface area contributed by atoms with Crippen molar-refractivity contribution in [3.05, 3.63) is 66.0 Å². The predicted octanol–water partition coefficient (Wildman–Crippen LogP) is 2.87. The Morgan fingerprint density at radius 3 is 2.36 bits per heavy atom. The molecule has 33 heavy (non-hydrogen) atoms. The summed E-state index contributed by atoms with van der Waals surface area (Å²) >= 11 is 0. The first-order valence-electron chi connectivity index (χ1n) is 11.9. The Morgan fingerprint density at radius 2 is 1.70 bits per heavy atom. The van der Waals surface area contributed by atoms with Crippen LogP contribution in [0.2, 0.25) is 0 Å². The molecule has 7 nitrogen and oxygen atoms in total. The van der Waals surface area contributed by atoms with Gasteiger partial charge in [0.1, 0.15) is 5.54 Å². The molecule has 7 heteroatoms. The fourth-order valence-electron chi connectivity index (χ4n) is 5.01. The lowest BCUT2D eigenvalue weighted by molar-refractivity contribution is -0.135. The van der Waals surface area contributed by atoms with E-state index in [-0.39, 0.29) is 11.9 Å². The van der Waals surface area contributed by atoms with Crippen molar-refractivity contribution in [2.24, 2.45) is 0 Å². The Labute approximate surface area is 197 Å². The zero-order chi connectivity index (χ0) is 23.3. The zero-order valence-electron chi connectivity index (χ0n) is 19.8. The van der Waals surface area contributed by atoms with E-state index in [1.54, 1.807) is 0 Å². The summed E-state index contributed by atoms with van der Waals surface area (Å²) in [4.78, 5) is 39.4. The number of piperidine rings is 1. The van der Waals surface area contributed by atoms with E-state index in [2.05, 4.69) is 26.9 Å². The van der Waals surface area contributed by atoms with E-state index in [4.69, 9.17) is 0 Å². The number of hydrogen-bond donors (Lipinski definition) is 0. The Balaban J connectivity index is 1.48. The van der Waals surface area contributed by atoms with Gasteiger partial charge in [0.2, 0.25) is 0 Å². The number of carbonyl (C=O) groups is 2. The quantitative estimate of drug-likeness (QED) is 0.551. The molecule has 2 aliphatic rings. The maximum Gasteiger partial charge on any atom is 0.327 e. The second-order valence-electron chi connectivity index (χ2n) is 9.41. The summed E-state index contributed by atoms with van der Waals surface area (Å²) in [6.07, 6.45) is 4.70. The van der Waals surface area contributed by atoms with E-state index in [9.17, 15) is 9.59 Å². The predicted molar refractivity (Wildman–Crippen MR) is 129 cm³/mol. The molecular formula is C26H35N5O2. The van der Waals surface area contributed by atoms with Gasteiger partial charge in [-0.3, -0.25) is 19.6 Å². The Morgan fingerprint density at radius 1 is 0.970 bits per heavy atom. The smallest absolute Gasteiger partial charge is 0.309 e. The van der Waals surface area contributed by atoms with Crippen molar-refractivity contribution >= 4 is 11.9 Å². The second-order valence-corrected chi connectivity index (χ2v) is 9.41. The molecule has 2 fully saturated rings. The number of aromatic nitrogens is 1. The van der Waals surface area contributed by atoms with Gasteiger partial charge in [-0.05, 0) is 64.0 Å². The minimum atomic E-state index is -0.718. The lowest BCUT2D eigenvalue weighted by Gasteiger charge is -2.42. The topological polar surface area (TPSA) is 60.0 Å². The van der Waals surface area contributed by atoms with E-state index >= 15 is 0 Å². The molecule has 2 saturated heterocycles. The van der Waals surface area contributed by atoms with Crippen LogP contribution < -0.4 is 0 Å². The molecule has 3 amide bonds. The molecule has 2 aromatic rings. The number of hydrogen-bond acceptors (Lipinski definition) is 5. The van der Waals surface area contributed by atoms with Crippen LogP contribution >= 0.6 is 0 Å². The Bertz CT molecular complexity index is 926. The molecule has 0 bridgehead atoms. The van der Waals surface area contributed by atoms with Crippen LogP contribution in [0.5, 0.6) is 0 Å². The van der Waals surface area contributed by atoms with Crippen LogP contribution in [0.4, 0.5) is 4.79 Å². The summed E-state index contributed by atoms with van der Waals surface area (Å²) < 4.78 is 0. The Kier molecular flexibility index (Phi) is 7.40. The largest absolute Gasteiger partial charge is 0.327 e. The summed E-state index contributed by atoms with van der Waals surface area (Å²) in [6, 6.07) is 16.0. The summed E-state index contributed by atoms with van der Waals surface area (Å²) in [5.41, 5.74) is 1.50. The minimum Gasteiger partial charge on any atom is -0.309 e. The molecule has 0 saturated carbocycles. The van der Waals surface area contributed by atoms with Gasteiger partial charge in [0.25, 0.3) is 5.91 Å². The molecule has 1 aromatic carbocycles. The van der Waals surface area contributed by atoms with E-state index in [1.807, 2.05) is 61.6 Å². The van der Waals surface area contributed by atoms with E-state index in [0.29, 0.717) is 25.9 Å².